The highest BCUT2D eigenvalue weighted by atomic mass is 19.3. The van der Waals surface area contributed by atoms with Crippen molar-refractivity contribution >= 4 is 29.3 Å². The van der Waals surface area contributed by atoms with Gasteiger partial charge < -0.3 is 24.7 Å². The number of aromatic carboxylic acids is 1. The van der Waals surface area contributed by atoms with Crippen LogP contribution >= 0.6 is 0 Å². The predicted molar refractivity (Wildman–Crippen MR) is 199 cm³/mol. The monoisotopic (exact) mass is 742 g/mol. The second-order valence-electron chi connectivity index (χ2n) is 15.5. The molecule has 2 fully saturated rings. The van der Waals surface area contributed by atoms with Crippen LogP contribution in [0.4, 0.5) is 26.2 Å². The van der Waals surface area contributed by atoms with Gasteiger partial charge in [0.25, 0.3) is 6.43 Å². The number of carbonyl (C=O) groups excluding carboxylic acids is 1. The van der Waals surface area contributed by atoms with Crippen molar-refractivity contribution in [3.8, 4) is 11.1 Å². The number of carboxylic acids is 1. The fraction of sp³-hybridized carbons (Fsp3) is 0.538. The van der Waals surface area contributed by atoms with Gasteiger partial charge in [0.05, 0.1) is 24.3 Å². The van der Waals surface area contributed by atoms with Gasteiger partial charge in [-0.05, 0) is 67.2 Å². The maximum atomic E-state index is 14.7. The van der Waals surface area contributed by atoms with Crippen molar-refractivity contribution in [1.82, 2.24) is 39.3 Å². The summed E-state index contributed by atoms with van der Waals surface area (Å²) in [6.07, 6.45) is 8.81. The second-order valence-corrected chi connectivity index (χ2v) is 15.5. The quantitative estimate of drug-likeness (QED) is 0.247. The van der Waals surface area contributed by atoms with Gasteiger partial charge in [-0.1, -0.05) is 6.92 Å². The van der Waals surface area contributed by atoms with E-state index in [0.29, 0.717) is 55.0 Å². The molecule has 0 radical (unpaired) electrons. The van der Waals surface area contributed by atoms with Crippen LogP contribution in [0.5, 0.6) is 0 Å². The number of alkyl halides is 2. The molecular formula is C39H48F2N10O3. The van der Waals surface area contributed by atoms with Crippen LogP contribution in [0.2, 0.25) is 0 Å². The molecule has 1 amide bonds. The molecule has 2 atom stereocenters. The van der Waals surface area contributed by atoms with Crippen LogP contribution < -0.4 is 9.80 Å². The molecule has 0 aliphatic carbocycles. The van der Waals surface area contributed by atoms with Crippen molar-refractivity contribution in [1.29, 1.82) is 0 Å². The Morgan fingerprint density at radius 2 is 1.78 bits per heavy atom. The molecule has 13 nitrogen and oxygen atoms in total. The summed E-state index contributed by atoms with van der Waals surface area (Å²) >= 11 is 0. The Hall–Kier alpha value is -4.92. The molecule has 0 bridgehead atoms. The van der Waals surface area contributed by atoms with Crippen molar-refractivity contribution in [2.24, 2.45) is 18.9 Å². The fourth-order valence-electron chi connectivity index (χ4n) is 9.00. The molecule has 1 N–H and O–H groups in total. The first-order valence-corrected chi connectivity index (χ1v) is 19.1. The predicted octanol–water partition coefficient (Wildman–Crippen LogP) is 5.50. The molecule has 7 heterocycles. The van der Waals surface area contributed by atoms with E-state index >= 15 is 0 Å². The number of hydrogen-bond acceptors (Lipinski definition) is 9. The molecule has 4 aliphatic heterocycles. The number of likely N-dealkylation sites (tertiary alicyclic amines) is 1. The van der Waals surface area contributed by atoms with Gasteiger partial charge in [-0.3, -0.25) is 14.2 Å². The normalized spacial score (nSPS) is 21.0. The number of halogens is 2. The molecule has 4 aliphatic rings. The van der Waals surface area contributed by atoms with Crippen LogP contribution in [-0.4, -0.2) is 102 Å². The van der Waals surface area contributed by atoms with Crippen molar-refractivity contribution in [3.63, 3.8) is 0 Å². The Bertz CT molecular complexity index is 2020. The van der Waals surface area contributed by atoms with Crippen molar-refractivity contribution in [3.05, 3.63) is 64.9 Å². The summed E-state index contributed by atoms with van der Waals surface area (Å²) < 4.78 is 33.2. The minimum atomic E-state index is -2.65. The van der Waals surface area contributed by atoms with E-state index in [1.165, 1.54) is 12.4 Å². The summed E-state index contributed by atoms with van der Waals surface area (Å²) in [5, 5.41) is 18.8. The lowest BCUT2D eigenvalue weighted by Gasteiger charge is -2.41. The van der Waals surface area contributed by atoms with Gasteiger partial charge in [-0.25, -0.2) is 23.5 Å². The van der Waals surface area contributed by atoms with Crippen LogP contribution in [0.1, 0.15) is 84.7 Å². The van der Waals surface area contributed by atoms with Gasteiger partial charge in [-0.2, -0.15) is 10.2 Å². The minimum Gasteiger partial charge on any atom is -0.478 e. The zero-order valence-electron chi connectivity index (χ0n) is 31.2. The van der Waals surface area contributed by atoms with Crippen LogP contribution in [-0.2, 0) is 31.2 Å². The zero-order valence-corrected chi connectivity index (χ0v) is 31.2. The number of aryl methyl sites for hydroxylation is 2. The van der Waals surface area contributed by atoms with Gasteiger partial charge in [0.1, 0.15) is 0 Å². The van der Waals surface area contributed by atoms with E-state index < -0.39 is 12.4 Å². The summed E-state index contributed by atoms with van der Waals surface area (Å²) in [6, 6.07) is 3.79. The van der Waals surface area contributed by atoms with Crippen LogP contribution in [0.15, 0.2) is 36.9 Å². The van der Waals surface area contributed by atoms with Crippen molar-refractivity contribution in [2.45, 2.75) is 71.4 Å². The number of aromatic nitrogens is 6. The third kappa shape index (κ3) is 6.93. The highest BCUT2D eigenvalue weighted by molar-refractivity contribution is 5.86. The van der Waals surface area contributed by atoms with E-state index in [4.69, 9.17) is 5.10 Å². The number of carboxylic acid groups (broad SMARTS) is 1. The van der Waals surface area contributed by atoms with Gasteiger partial charge in [0, 0.05) is 113 Å². The maximum absolute atomic E-state index is 14.7. The average Bonchev–Trinajstić information content (AvgIpc) is 3.78. The van der Waals surface area contributed by atoms with Crippen LogP contribution in [0.25, 0.3) is 11.1 Å². The molecule has 0 unspecified atom stereocenters. The molecule has 8 rings (SSSR count). The van der Waals surface area contributed by atoms with E-state index in [0.717, 1.165) is 93.2 Å². The lowest BCUT2D eigenvalue weighted by molar-refractivity contribution is -0.129. The van der Waals surface area contributed by atoms with E-state index in [1.807, 2.05) is 11.0 Å². The Morgan fingerprint density at radius 1 is 1.00 bits per heavy atom. The van der Waals surface area contributed by atoms with Gasteiger partial charge in [0.15, 0.2) is 5.82 Å². The van der Waals surface area contributed by atoms with Gasteiger partial charge >= 0.3 is 5.97 Å². The zero-order chi connectivity index (χ0) is 37.7. The molecule has 15 heteroatoms. The highest BCUT2D eigenvalue weighted by Gasteiger charge is 2.36. The largest absolute Gasteiger partial charge is 0.478 e. The number of anilines is 3. The topological polar surface area (TPSA) is 129 Å². The molecule has 286 valence electrons. The summed E-state index contributed by atoms with van der Waals surface area (Å²) in [7, 11) is 1.79. The number of carbonyl (C=O) groups is 2. The molecular weight excluding hydrogens is 694 g/mol. The van der Waals surface area contributed by atoms with Crippen LogP contribution in [0.3, 0.4) is 0 Å². The Labute approximate surface area is 313 Å². The first-order chi connectivity index (χ1) is 26.0. The molecule has 0 saturated carbocycles. The molecule has 3 aromatic heterocycles. The fourth-order valence-corrected chi connectivity index (χ4v) is 9.00. The molecule has 0 spiro atoms. The Morgan fingerprint density at radius 3 is 2.44 bits per heavy atom. The summed E-state index contributed by atoms with van der Waals surface area (Å²) in [4.78, 5) is 41.2. The standard InChI is InChI=1S/C39H48F2N10O3/c1-24-20-49(39-42-17-28(18-43-39)38(53)54)13-6-27(24)22-47-11-7-30(8-12-47)51-34-9-14-48(25(2)52)23-33(34)37(45-51)50-10-4-5-26-15-31(29-19-44-46(3)21-29)32(36(40)41)16-35(26)50/h15-19,21,24,27,30,36H,4-14,20,22-23H2,1-3H3,(H,53,54)/t24-,27-/m1/s1. The average molecular weight is 743 g/mol. The minimum absolute atomic E-state index is 0.0117. The van der Waals surface area contributed by atoms with Crippen LogP contribution in [0, 0.1) is 11.8 Å². The third-order valence-corrected chi connectivity index (χ3v) is 12.0. The SMILES string of the molecule is CC(=O)N1CCc2c(c(N3CCCc4cc(-c5cnn(C)c5)c(C(F)F)cc43)nn2C2CCN(C[C@H]3CCN(c4ncc(C(=O)O)cn4)C[C@H]3C)CC2)C1. The van der Waals surface area contributed by atoms with E-state index in [1.54, 1.807) is 37.1 Å². The molecule has 2 saturated heterocycles. The lowest BCUT2D eigenvalue weighted by atomic mass is 9.86. The number of hydrogen-bond donors (Lipinski definition) is 1. The van der Waals surface area contributed by atoms with Crippen molar-refractivity contribution in [2.75, 3.05) is 55.6 Å². The van der Waals surface area contributed by atoms with E-state index in [2.05, 4.69) is 41.4 Å². The Balaban J connectivity index is 0.997. The molecule has 4 aromatic rings. The number of amides is 1. The number of benzene rings is 1. The molecule has 54 heavy (non-hydrogen) atoms. The van der Waals surface area contributed by atoms with E-state index in [9.17, 15) is 23.5 Å². The summed E-state index contributed by atoms with van der Waals surface area (Å²) in [6.45, 7) is 10.3. The number of rotatable bonds is 8. The summed E-state index contributed by atoms with van der Waals surface area (Å²) in [5.41, 5.74) is 5.25. The number of fused-ring (bicyclic) bond motifs is 2. The van der Waals surface area contributed by atoms with E-state index in [-0.39, 0.29) is 23.1 Å². The Kier molecular flexibility index (Phi) is 9.84. The summed E-state index contributed by atoms with van der Waals surface area (Å²) in [5.74, 6) is 1.33. The second kappa shape index (κ2) is 14.7. The van der Waals surface area contributed by atoms with Gasteiger partial charge in [0.2, 0.25) is 11.9 Å². The van der Waals surface area contributed by atoms with Gasteiger partial charge in [-0.15, -0.1) is 0 Å². The smallest absolute Gasteiger partial charge is 0.338 e. The lowest BCUT2D eigenvalue weighted by Crippen LogP contribution is -2.46. The molecule has 1 aromatic carbocycles. The highest BCUT2D eigenvalue weighted by Crippen LogP contribution is 2.44. The third-order valence-electron chi connectivity index (χ3n) is 12.0. The van der Waals surface area contributed by atoms with Crippen molar-refractivity contribution < 1.29 is 23.5 Å². The number of nitrogens with zero attached hydrogens (tertiary/aromatic N) is 10. The maximum Gasteiger partial charge on any atom is 0.338 e. The number of piperidine rings is 2. The first-order valence-electron chi connectivity index (χ1n) is 19.1. The first kappa shape index (κ1) is 36.1.